The van der Waals surface area contributed by atoms with Crippen LogP contribution in [0.3, 0.4) is 0 Å². The van der Waals surface area contributed by atoms with Gasteiger partial charge in [-0.05, 0) is 12.1 Å². The highest BCUT2D eigenvalue weighted by Crippen LogP contribution is 2.05. The molecule has 0 atom stereocenters. The Morgan fingerprint density at radius 2 is 1.18 bits per heavy atom. The molecule has 1 rings (SSSR count). The monoisotopic (exact) mass is 204 g/mol. The lowest BCUT2D eigenvalue weighted by Crippen LogP contribution is -2.38. The third-order valence-corrected chi connectivity index (χ3v) is 18.4. The summed E-state index contributed by atoms with van der Waals surface area (Å²) in [5.74, 6) is 0. The lowest BCUT2D eigenvalue weighted by atomic mass is 10.4. The summed E-state index contributed by atoms with van der Waals surface area (Å²) in [5, 5.41) is 0. The minimum atomic E-state index is 0.0664. The van der Waals surface area contributed by atoms with Crippen LogP contribution in [0.25, 0.3) is 0 Å². The van der Waals surface area contributed by atoms with Crippen LogP contribution in [0.15, 0.2) is 0 Å². The highest BCUT2D eigenvalue weighted by molar-refractivity contribution is 7.05. The molecule has 0 unspecified atom stereocenters. The molecule has 0 N–H and O–H groups in total. The fourth-order valence-corrected chi connectivity index (χ4v) is 17.4. The van der Waals surface area contributed by atoms with E-state index in [1.54, 1.807) is 0 Å². The van der Waals surface area contributed by atoms with Crippen molar-refractivity contribution in [1.29, 1.82) is 0 Å². The van der Waals surface area contributed by atoms with Gasteiger partial charge in [-0.25, -0.2) is 0 Å². The highest BCUT2D eigenvalue weighted by atomic mass is 29.2. The molecule has 0 radical (unpaired) electrons. The zero-order valence-corrected chi connectivity index (χ0v) is 12.4. The third kappa shape index (κ3) is 2.52. The molecule has 1 aliphatic heterocycles. The summed E-state index contributed by atoms with van der Waals surface area (Å²) in [6, 6.07) is 1.73. The van der Waals surface area contributed by atoms with Crippen molar-refractivity contribution in [3.63, 3.8) is 0 Å². The van der Waals surface area contributed by atoms with E-state index < -0.39 is 0 Å². The molecular weight excluding hydrogens is 184 g/mol. The Hall–Kier alpha value is 0.571. The minimum absolute atomic E-state index is 0.0664. The van der Waals surface area contributed by atoms with Crippen LogP contribution in [0.1, 0.15) is 27.7 Å². The van der Waals surface area contributed by atoms with E-state index in [0.29, 0.717) is 0 Å². The van der Waals surface area contributed by atoms with Gasteiger partial charge in [0.05, 0.1) is 18.4 Å². The topological polar surface area (TPSA) is 6.48 Å². The van der Waals surface area contributed by atoms with Gasteiger partial charge in [0.2, 0.25) is 0 Å². The third-order valence-electron chi connectivity index (χ3n) is 2.50. The van der Waals surface area contributed by atoms with E-state index in [4.69, 9.17) is 0 Å². The summed E-state index contributed by atoms with van der Waals surface area (Å²) < 4.78 is 5.71. The van der Waals surface area contributed by atoms with Crippen LogP contribution in [0.2, 0.25) is 0 Å². The first-order chi connectivity index (χ1) is 5.11. The predicted molar refractivity (Wildman–Crippen MR) is 59.6 cm³/mol. The van der Waals surface area contributed by atoms with Gasteiger partial charge in [-0.15, -0.1) is 0 Å². The van der Waals surface area contributed by atoms with E-state index in [1.165, 1.54) is 0 Å². The van der Waals surface area contributed by atoms with Crippen molar-refractivity contribution >= 4 is 28.2 Å². The summed E-state index contributed by atoms with van der Waals surface area (Å²) in [7, 11) is 0.625. The van der Waals surface area contributed by atoms with Crippen molar-refractivity contribution < 1.29 is 0 Å². The standard InChI is InChI=1S/C6H20N2Si3/c1-5(2)7-9-8(6(3)4)11-10-7/h5-6H,9-11H2,1-4H3. The van der Waals surface area contributed by atoms with E-state index in [2.05, 4.69) is 36.2 Å². The molecule has 0 aromatic rings. The first-order valence-electron chi connectivity index (χ1n) is 4.59. The fraction of sp³-hybridized carbons (Fsp3) is 1.00. The Morgan fingerprint density at radius 3 is 1.36 bits per heavy atom. The summed E-state index contributed by atoms with van der Waals surface area (Å²) in [5.41, 5.74) is 0. The lowest BCUT2D eigenvalue weighted by Gasteiger charge is -2.24. The van der Waals surface area contributed by atoms with Gasteiger partial charge in [0.15, 0.2) is 9.84 Å². The molecular formula is C6H20N2Si3. The normalized spacial score (nSPS) is 28.9. The molecule has 11 heavy (non-hydrogen) atoms. The molecule has 1 aliphatic rings. The van der Waals surface area contributed by atoms with Gasteiger partial charge >= 0.3 is 0 Å². The average Bonchev–Trinajstić information content (AvgIpc) is 2.33. The van der Waals surface area contributed by atoms with Crippen molar-refractivity contribution in [3.8, 4) is 0 Å². The van der Waals surface area contributed by atoms with Crippen LogP contribution in [0.5, 0.6) is 0 Å². The molecule has 0 aromatic carbocycles. The van der Waals surface area contributed by atoms with Crippen molar-refractivity contribution in [2.75, 3.05) is 0 Å². The summed E-state index contributed by atoms with van der Waals surface area (Å²) >= 11 is 0. The van der Waals surface area contributed by atoms with Crippen LogP contribution in [-0.2, 0) is 0 Å². The van der Waals surface area contributed by atoms with Gasteiger partial charge in [0.1, 0.15) is 0 Å². The highest BCUT2D eigenvalue weighted by Gasteiger charge is 2.24. The van der Waals surface area contributed by atoms with Gasteiger partial charge in [-0.1, -0.05) is 27.7 Å². The average molecular weight is 204 g/mol. The first-order valence-corrected chi connectivity index (χ1v) is 11.1. The van der Waals surface area contributed by atoms with Crippen LogP contribution in [-0.4, -0.2) is 48.8 Å². The van der Waals surface area contributed by atoms with Crippen molar-refractivity contribution in [1.82, 2.24) is 8.46 Å². The van der Waals surface area contributed by atoms with Crippen molar-refractivity contribution in [3.05, 3.63) is 0 Å². The smallest absolute Gasteiger partial charge is 0.158 e. The minimum Gasteiger partial charge on any atom is -0.343 e. The molecule has 0 amide bonds. The van der Waals surface area contributed by atoms with Crippen LogP contribution in [0, 0.1) is 0 Å². The van der Waals surface area contributed by atoms with E-state index in [9.17, 15) is 0 Å². The van der Waals surface area contributed by atoms with Gasteiger partial charge in [0.25, 0.3) is 0 Å². The number of rotatable bonds is 2. The van der Waals surface area contributed by atoms with Crippen LogP contribution < -0.4 is 0 Å². The van der Waals surface area contributed by atoms with E-state index >= 15 is 0 Å². The fourth-order valence-electron chi connectivity index (χ4n) is 1.47. The molecule has 2 nitrogen and oxygen atoms in total. The second kappa shape index (κ2) is 3.99. The maximum absolute atomic E-state index is 2.85. The molecule has 0 spiro atoms. The van der Waals surface area contributed by atoms with Crippen LogP contribution >= 0.6 is 0 Å². The SMILES string of the molecule is CC(C)N1[SiH2][SiH2]N(C(C)C)[SiH2]1. The Kier molecular flexibility index (Phi) is 3.51. The van der Waals surface area contributed by atoms with Gasteiger partial charge in [0, 0.05) is 0 Å². The quantitative estimate of drug-likeness (QED) is 0.506. The van der Waals surface area contributed by atoms with E-state index in [1.807, 2.05) is 0 Å². The molecule has 5 heteroatoms. The molecule has 66 valence electrons. The first kappa shape index (κ1) is 9.66. The summed E-state index contributed by atoms with van der Waals surface area (Å²) in [6.45, 7) is 9.44. The second-order valence-corrected chi connectivity index (χ2v) is 12.9. The second-order valence-electron chi connectivity index (χ2n) is 3.95. The lowest BCUT2D eigenvalue weighted by molar-refractivity contribution is 0.495. The molecule has 1 saturated heterocycles. The van der Waals surface area contributed by atoms with Gasteiger partial charge < -0.3 is 8.46 Å². The zero-order valence-electron chi connectivity index (χ0n) is 8.17. The largest absolute Gasteiger partial charge is 0.343 e. The Balaban J connectivity index is 2.35. The Bertz CT molecular complexity index is 115. The summed E-state index contributed by atoms with van der Waals surface area (Å²) in [6.07, 6.45) is 0. The molecule has 1 fully saturated rings. The zero-order chi connectivity index (χ0) is 8.43. The molecule has 1 heterocycles. The molecule has 0 aliphatic carbocycles. The summed E-state index contributed by atoms with van der Waals surface area (Å²) in [4.78, 5) is 0. The van der Waals surface area contributed by atoms with Crippen LogP contribution in [0.4, 0.5) is 0 Å². The molecule has 0 aromatic heterocycles. The van der Waals surface area contributed by atoms with Crippen molar-refractivity contribution in [2.24, 2.45) is 0 Å². The molecule has 0 bridgehead atoms. The number of hydrogen-bond donors (Lipinski definition) is 0. The number of hydrogen-bond acceptors (Lipinski definition) is 2. The Morgan fingerprint density at radius 1 is 0.818 bits per heavy atom. The van der Waals surface area contributed by atoms with Gasteiger partial charge in [-0.3, -0.25) is 0 Å². The maximum atomic E-state index is 2.85. The van der Waals surface area contributed by atoms with Gasteiger partial charge in [-0.2, -0.15) is 0 Å². The molecule has 0 saturated carbocycles. The predicted octanol–water partition coefficient (Wildman–Crippen LogP) is -1.50. The maximum Gasteiger partial charge on any atom is 0.158 e. The Labute approximate surface area is 76.9 Å². The van der Waals surface area contributed by atoms with E-state index in [0.717, 1.165) is 12.1 Å². The van der Waals surface area contributed by atoms with Crippen molar-refractivity contribution in [2.45, 2.75) is 39.8 Å². The number of nitrogens with zero attached hydrogens (tertiary/aromatic N) is 2. The van der Waals surface area contributed by atoms with E-state index in [-0.39, 0.29) is 28.2 Å².